The maximum Gasteiger partial charge on any atom is 0.193 e. The third-order valence-electron chi connectivity index (χ3n) is 3.94. The standard InChI is InChI=1S/C14H21N3OS/c18-14(5-3-1-2-4-6-14)11-15-9-12-10-17-7-8-19-13(17)16-12/h7-8,10,15,18H,1-6,9,11H2. The molecule has 0 unspecified atom stereocenters. The molecule has 19 heavy (non-hydrogen) atoms. The summed E-state index contributed by atoms with van der Waals surface area (Å²) in [5, 5.41) is 15.9. The van der Waals surface area contributed by atoms with Gasteiger partial charge in [-0.25, -0.2) is 4.98 Å². The second-order valence-corrected chi connectivity index (χ2v) is 6.44. The molecule has 1 aliphatic carbocycles. The zero-order chi connectivity index (χ0) is 13.1. The van der Waals surface area contributed by atoms with E-state index in [0.717, 1.165) is 42.9 Å². The van der Waals surface area contributed by atoms with E-state index in [9.17, 15) is 5.11 Å². The van der Waals surface area contributed by atoms with Gasteiger partial charge in [0, 0.05) is 30.9 Å². The Morgan fingerprint density at radius 2 is 2.11 bits per heavy atom. The van der Waals surface area contributed by atoms with Crippen LogP contribution in [0.4, 0.5) is 0 Å². The Balaban J connectivity index is 1.53. The fraction of sp³-hybridized carbons (Fsp3) is 0.643. The number of rotatable bonds is 4. The van der Waals surface area contributed by atoms with E-state index >= 15 is 0 Å². The minimum Gasteiger partial charge on any atom is -0.389 e. The third kappa shape index (κ3) is 3.16. The first kappa shape index (κ1) is 13.1. The van der Waals surface area contributed by atoms with Crippen molar-refractivity contribution in [2.45, 2.75) is 50.7 Å². The SMILES string of the molecule is OC1(CNCc2cn3ccsc3n2)CCCCCC1. The van der Waals surface area contributed by atoms with Crippen molar-refractivity contribution in [3.8, 4) is 0 Å². The summed E-state index contributed by atoms with van der Waals surface area (Å²) < 4.78 is 2.04. The molecule has 1 aliphatic rings. The summed E-state index contributed by atoms with van der Waals surface area (Å²) in [5.41, 5.74) is 0.539. The molecule has 0 radical (unpaired) electrons. The number of aliphatic hydroxyl groups is 1. The van der Waals surface area contributed by atoms with Crippen molar-refractivity contribution in [1.29, 1.82) is 0 Å². The van der Waals surface area contributed by atoms with Crippen molar-refractivity contribution in [2.24, 2.45) is 0 Å². The number of hydrogen-bond acceptors (Lipinski definition) is 4. The minimum absolute atomic E-state index is 0.506. The minimum atomic E-state index is -0.506. The summed E-state index contributed by atoms with van der Waals surface area (Å²) in [6.45, 7) is 1.41. The van der Waals surface area contributed by atoms with Crippen molar-refractivity contribution in [1.82, 2.24) is 14.7 Å². The van der Waals surface area contributed by atoms with E-state index in [4.69, 9.17) is 0 Å². The molecule has 0 bridgehead atoms. The first-order valence-corrected chi connectivity index (χ1v) is 7.97. The summed E-state index contributed by atoms with van der Waals surface area (Å²) in [7, 11) is 0. The Labute approximate surface area is 117 Å². The lowest BCUT2D eigenvalue weighted by Gasteiger charge is -2.26. The third-order valence-corrected chi connectivity index (χ3v) is 4.71. The Morgan fingerprint density at radius 3 is 2.84 bits per heavy atom. The van der Waals surface area contributed by atoms with Gasteiger partial charge in [-0.05, 0) is 12.8 Å². The highest BCUT2D eigenvalue weighted by molar-refractivity contribution is 7.15. The number of imidazole rings is 1. The summed E-state index contributed by atoms with van der Waals surface area (Å²) in [6.07, 6.45) is 10.8. The maximum atomic E-state index is 10.5. The number of aromatic nitrogens is 2. The number of fused-ring (bicyclic) bond motifs is 1. The van der Waals surface area contributed by atoms with Crippen LogP contribution in [0.15, 0.2) is 17.8 Å². The van der Waals surface area contributed by atoms with Gasteiger partial charge in [-0.1, -0.05) is 25.7 Å². The second-order valence-electron chi connectivity index (χ2n) is 5.57. The van der Waals surface area contributed by atoms with Crippen LogP contribution in [0.2, 0.25) is 0 Å². The van der Waals surface area contributed by atoms with Crippen LogP contribution in [0.1, 0.15) is 44.2 Å². The van der Waals surface area contributed by atoms with E-state index in [2.05, 4.69) is 16.5 Å². The summed E-state index contributed by atoms with van der Waals surface area (Å²) in [4.78, 5) is 5.57. The van der Waals surface area contributed by atoms with Crippen LogP contribution < -0.4 is 5.32 Å². The predicted octanol–water partition coefficient (Wildman–Crippen LogP) is 2.57. The van der Waals surface area contributed by atoms with Crippen molar-refractivity contribution in [3.05, 3.63) is 23.5 Å². The van der Waals surface area contributed by atoms with Gasteiger partial charge in [0.05, 0.1) is 11.3 Å². The molecule has 1 fully saturated rings. The lowest BCUT2D eigenvalue weighted by Crippen LogP contribution is -2.39. The summed E-state index contributed by atoms with van der Waals surface area (Å²) in [5.74, 6) is 0. The zero-order valence-corrected chi connectivity index (χ0v) is 12.0. The van der Waals surface area contributed by atoms with Gasteiger partial charge in [0.15, 0.2) is 4.96 Å². The molecule has 5 heteroatoms. The van der Waals surface area contributed by atoms with Crippen molar-refractivity contribution >= 4 is 16.3 Å². The highest BCUT2D eigenvalue weighted by Crippen LogP contribution is 2.26. The molecular formula is C14H21N3OS. The first-order valence-electron chi connectivity index (χ1n) is 7.09. The molecule has 2 N–H and O–H groups in total. The average Bonchev–Trinajstić information content (AvgIpc) is 2.88. The van der Waals surface area contributed by atoms with Crippen molar-refractivity contribution in [2.75, 3.05) is 6.54 Å². The maximum absolute atomic E-state index is 10.5. The number of hydrogen-bond donors (Lipinski definition) is 2. The van der Waals surface area contributed by atoms with Gasteiger partial charge in [-0.3, -0.25) is 4.40 Å². The molecular weight excluding hydrogens is 258 g/mol. The molecule has 104 valence electrons. The molecule has 0 atom stereocenters. The van der Waals surface area contributed by atoms with Gasteiger partial charge in [-0.15, -0.1) is 11.3 Å². The van der Waals surface area contributed by atoms with Gasteiger partial charge in [0.2, 0.25) is 0 Å². The second kappa shape index (κ2) is 5.61. The smallest absolute Gasteiger partial charge is 0.193 e. The highest BCUT2D eigenvalue weighted by atomic mass is 32.1. The van der Waals surface area contributed by atoms with E-state index < -0.39 is 5.60 Å². The lowest BCUT2D eigenvalue weighted by molar-refractivity contribution is 0.0250. The number of thiazole rings is 1. The molecule has 3 rings (SSSR count). The van der Waals surface area contributed by atoms with Crippen LogP contribution in [0.3, 0.4) is 0 Å². The molecule has 0 saturated heterocycles. The number of nitrogens with one attached hydrogen (secondary N) is 1. The van der Waals surface area contributed by atoms with E-state index in [1.54, 1.807) is 11.3 Å². The molecule has 4 nitrogen and oxygen atoms in total. The molecule has 2 aromatic heterocycles. The van der Waals surface area contributed by atoms with E-state index in [1.165, 1.54) is 12.8 Å². The van der Waals surface area contributed by atoms with Gasteiger partial charge in [0.25, 0.3) is 0 Å². The topological polar surface area (TPSA) is 49.6 Å². The Morgan fingerprint density at radius 1 is 1.32 bits per heavy atom. The molecule has 0 amide bonds. The molecule has 0 aliphatic heterocycles. The van der Waals surface area contributed by atoms with Crippen molar-refractivity contribution in [3.63, 3.8) is 0 Å². The Hall–Kier alpha value is -0.910. The van der Waals surface area contributed by atoms with Crippen LogP contribution in [-0.2, 0) is 6.54 Å². The molecule has 0 spiro atoms. The predicted molar refractivity (Wildman–Crippen MR) is 77.4 cm³/mol. The first-order chi connectivity index (χ1) is 9.25. The molecule has 2 heterocycles. The van der Waals surface area contributed by atoms with E-state index in [0.29, 0.717) is 6.54 Å². The molecule has 1 saturated carbocycles. The zero-order valence-electron chi connectivity index (χ0n) is 11.1. The molecule has 0 aromatic carbocycles. The molecule has 2 aromatic rings. The van der Waals surface area contributed by atoms with Gasteiger partial charge in [0.1, 0.15) is 0 Å². The summed E-state index contributed by atoms with van der Waals surface area (Å²) in [6, 6.07) is 0. The van der Waals surface area contributed by atoms with Crippen LogP contribution in [0.25, 0.3) is 4.96 Å². The Bertz CT molecular complexity index is 497. The van der Waals surface area contributed by atoms with Crippen molar-refractivity contribution < 1.29 is 5.11 Å². The average molecular weight is 279 g/mol. The fourth-order valence-corrected chi connectivity index (χ4v) is 3.57. The largest absolute Gasteiger partial charge is 0.389 e. The van der Waals surface area contributed by atoms with Crippen LogP contribution in [0, 0.1) is 0 Å². The van der Waals surface area contributed by atoms with Gasteiger partial charge in [-0.2, -0.15) is 0 Å². The Kier molecular flexibility index (Phi) is 3.86. The monoisotopic (exact) mass is 279 g/mol. The van der Waals surface area contributed by atoms with Gasteiger partial charge >= 0.3 is 0 Å². The van der Waals surface area contributed by atoms with E-state index in [1.807, 2.05) is 16.0 Å². The van der Waals surface area contributed by atoms with E-state index in [-0.39, 0.29) is 0 Å². The van der Waals surface area contributed by atoms with Crippen LogP contribution in [-0.4, -0.2) is 26.6 Å². The normalized spacial score (nSPS) is 19.6. The van der Waals surface area contributed by atoms with Crippen LogP contribution in [0.5, 0.6) is 0 Å². The number of nitrogens with zero attached hydrogens (tertiary/aromatic N) is 2. The highest BCUT2D eigenvalue weighted by Gasteiger charge is 2.27. The van der Waals surface area contributed by atoms with Crippen LogP contribution >= 0.6 is 11.3 Å². The fourth-order valence-electron chi connectivity index (χ4n) is 2.85. The quantitative estimate of drug-likeness (QED) is 0.846. The van der Waals surface area contributed by atoms with Gasteiger partial charge < -0.3 is 10.4 Å². The lowest BCUT2D eigenvalue weighted by atomic mass is 9.94. The summed E-state index contributed by atoms with van der Waals surface area (Å²) >= 11 is 1.65.